The van der Waals surface area contributed by atoms with E-state index in [1.54, 1.807) is 4.68 Å². The molecular formula is C28H31FN6O. The Hall–Kier alpha value is -3.65. The molecule has 0 spiro atoms. The Morgan fingerprint density at radius 2 is 1.78 bits per heavy atom. The van der Waals surface area contributed by atoms with Crippen LogP contribution in [0.25, 0.3) is 16.5 Å². The molecule has 8 heteroatoms. The van der Waals surface area contributed by atoms with Crippen molar-refractivity contribution >= 4 is 16.5 Å². The van der Waals surface area contributed by atoms with Crippen LogP contribution in [-0.4, -0.2) is 43.2 Å². The molecule has 3 heterocycles. The van der Waals surface area contributed by atoms with Crippen molar-refractivity contribution in [1.82, 2.24) is 30.1 Å². The Labute approximate surface area is 209 Å². The molecule has 0 bridgehead atoms. The number of halogens is 1. The van der Waals surface area contributed by atoms with Gasteiger partial charge in [0.15, 0.2) is 5.82 Å². The molecule has 0 amide bonds. The first-order valence-corrected chi connectivity index (χ1v) is 12.2. The van der Waals surface area contributed by atoms with Crippen LogP contribution in [0, 0.1) is 19.7 Å². The number of nitrogens with zero attached hydrogens (tertiary/aromatic N) is 5. The van der Waals surface area contributed by atoms with Gasteiger partial charge in [-0.15, -0.1) is 5.10 Å². The van der Waals surface area contributed by atoms with E-state index in [0.717, 1.165) is 28.5 Å². The van der Waals surface area contributed by atoms with Crippen molar-refractivity contribution < 1.29 is 4.39 Å². The van der Waals surface area contributed by atoms with Gasteiger partial charge in [-0.2, -0.15) is 0 Å². The lowest BCUT2D eigenvalue weighted by Gasteiger charge is -2.34. The second-order valence-electron chi connectivity index (χ2n) is 10.6. The van der Waals surface area contributed by atoms with Crippen molar-refractivity contribution in [2.45, 2.75) is 52.6 Å². The van der Waals surface area contributed by atoms with Crippen molar-refractivity contribution in [2.75, 3.05) is 13.1 Å². The van der Waals surface area contributed by atoms with Gasteiger partial charge in [-0.25, -0.2) is 9.07 Å². The minimum atomic E-state index is -0.431. The molecule has 0 radical (unpaired) electrons. The summed E-state index contributed by atoms with van der Waals surface area (Å²) < 4.78 is 15.2. The SMILES string of the molecule is Cc1cc2cc([C@H](c3nnnn3C(C)(C)C)N3CC=C(c4ccc(F)cc4)CC3)c(=O)[nH]c2cc1C. The fraction of sp³-hybridized carbons (Fsp3) is 0.357. The van der Waals surface area contributed by atoms with Crippen LogP contribution in [-0.2, 0) is 5.54 Å². The minimum Gasteiger partial charge on any atom is -0.322 e. The fourth-order valence-corrected chi connectivity index (χ4v) is 4.88. The lowest BCUT2D eigenvalue weighted by Crippen LogP contribution is -2.39. The van der Waals surface area contributed by atoms with Crippen molar-refractivity contribution in [2.24, 2.45) is 0 Å². The average molecular weight is 487 g/mol. The molecule has 0 unspecified atom stereocenters. The molecule has 1 atom stereocenters. The molecule has 0 saturated carbocycles. The highest BCUT2D eigenvalue weighted by Crippen LogP contribution is 2.33. The second-order valence-corrected chi connectivity index (χ2v) is 10.6. The molecule has 1 aliphatic heterocycles. The predicted octanol–water partition coefficient (Wildman–Crippen LogP) is 4.90. The largest absolute Gasteiger partial charge is 0.322 e. The van der Waals surface area contributed by atoms with E-state index < -0.39 is 6.04 Å². The molecule has 0 saturated heterocycles. The quantitative estimate of drug-likeness (QED) is 0.444. The minimum absolute atomic E-state index is 0.146. The Kier molecular flexibility index (Phi) is 6.08. The molecule has 0 aliphatic carbocycles. The number of rotatable bonds is 4. The van der Waals surface area contributed by atoms with E-state index in [2.05, 4.69) is 44.5 Å². The van der Waals surface area contributed by atoms with E-state index in [1.807, 2.05) is 52.0 Å². The van der Waals surface area contributed by atoms with Crippen LogP contribution in [0.3, 0.4) is 0 Å². The molecule has 36 heavy (non-hydrogen) atoms. The fourth-order valence-electron chi connectivity index (χ4n) is 4.88. The maximum absolute atomic E-state index is 13.5. The first-order valence-electron chi connectivity index (χ1n) is 12.2. The molecule has 5 rings (SSSR count). The second kappa shape index (κ2) is 9.09. The molecule has 7 nitrogen and oxygen atoms in total. The number of pyridine rings is 1. The van der Waals surface area contributed by atoms with E-state index >= 15 is 0 Å². The summed E-state index contributed by atoms with van der Waals surface area (Å²) in [7, 11) is 0. The van der Waals surface area contributed by atoms with Gasteiger partial charge in [-0.3, -0.25) is 9.69 Å². The topological polar surface area (TPSA) is 79.7 Å². The number of nitrogens with one attached hydrogen (secondary N) is 1. The number of fused-ring (bicyclic) bond motifs is 1. The number of aryl methyl sites for hydroxylation is 2. The monoisotopic (exact) mass is 486 g/mol. The summed E-state index contributed by atoms with van der Waals surface area (Å²) in [6.07, 6.45) is 2.92. The zero-order valence-electron chi connectivity index (χ0n) is 21.3. The number of hydrogen-bond donors (Lipinski definition) is 1. The first-order chi connectivity index (χ1) is 17.1. The average Bonchev–Trinajstić information content (AvgIpc) is 3.32. The maximum atomic E-state index is 13.5. The summed E-state index contributed by atoms with van der Waals surface area (Å²) in [5.74, 6) is 0.390. The first kappa shape index (κ1) is 24.1. The van der Waals surface area contributed by atoms with Crippen LogP contribution >= 0.6 is 0 Å². The zero-order valence-corrected chi connectivity index (χ0v) is 21.3. The van der Waals surface area contributed by atoms with Crippen molar-refractivity contribution in [3.63, 3.8) is 0 Å². The van der Waals surface area contributed by atoms with Gasteiger partial charge in [0.25, 0.3) is 5.56 Å². The predicted molar refractivity (Wildman–Crippen MR) is 139 cm³/mol. The van der Waals surface area contributed by atoms with E-state index in [4.69, 9.17) is 0 Å². The summed E-state index contributed by atoms with van der Waals surface area (Å²) in [5.41, 5.74) is 5.41. The van der Waals surface area contributed by atoms with Gasteiger partial charge in [0, 0.05) is 24.2 Å². The molecule has 2 aromatic carbocycles. The molecule has 1 N–H and O–H groups in total. The number of aromatic nitrogens is 5. The standard InChI is InChI=1S/C28H31FN6O/c1-17-14-21-16-23(27(36)30-24(21)15-18(17)2)25(26-31-32-33-35(26)28(3,4)5)34-12-10-20(11-13-34)19-6-8-22(29)9-7-19/h6-10,14-16,25H,11-13H2,1-5H3,(H,30,36)/t25-/m1/s1. The molecular weight excluding hydrogens is 455 g/mol. The normalized spacial score (nSPS) is 15.8. The summed E-state index contributed by atoms with van der Waals surface area (Å²) in [5, 5.41) is 13.7. The van der Waals surface area contributed by atoms with Crippen LogP contribution < -0.4 is 5.56 Å². The third-order valence-corrected chi connectivity index (χ3v) is 6.98. The molecule has 186 valence electrons. The Morgan fingerprint density at radius 3 is 2.44 bits per heavy atom. The highest BCUT2D eigenvalue weighted by molar-refractivity contribution is 5.81. The van der Waals surface area contributed by atoms with Crippen molar-refractivity contribution in [3.05, 3.63) is 92.8 Å². The summed E-state index contributed by atoms with van der Waals surface area (Å²) in [6, 6.07) is 12.3. The summed E-state index contributed by atoms with van der Waals surface area (Å²) >= 11 is 0. The van der Waals surface area contributed by atoms with Gasteiger partial charge >= 0.3 is 0 Å². The van der Waals surface area contributed by atoms with Gasteiger partial charge in [0.1, 0.15) is 11.9 Å². The molecule has 0 fully saturated rings. The number of aromatic amines is 1. The van der Waals surface area contributed by atoms with Crippen LogP contribution in [0.1, 0.15) is 61.3 Å². The van der Waals surface area contributed by atoms with Crippen LogP contribution in [0.15, 0.2) is 53.3 Å². The van der Waals surface area contributed by atoms with Crippen LogP contribution in [0.4, 0.5) is 4.39 Å². The number of tetrazole rings is 1. The molecule has 2 aromatic heterocycles. The zero-order chi connectivity index (χ0) is 25.6. The van der Waals surface area contributed by atoms with Gasteiger partial charge in [0.05, 0.1) is 5.54 Å². The molecule has 1 aliphatic rings. The highest BCUT2D eigenvalue weighted by atomic mass is 19.1. The van der Waals surface area contributed by atoms with E-state index in [1.165, 1.54) is 23.3 Å². The molecule has 4 aromatic rings. The van der Waals surface area contributed by atoms with Gasteiger partial charge in [0.2, 0.25) is 0 Å². The van der Waals surface area contributed by atoms with Gasteiger partial charge < -0.3 is 4.98 Å². The van der Waals surface area contributed by atoms with Gasteiger partial charge in [-0.1, -0.05) is 18.2 Å². The Balaban J connectivity index is 1.61. The van der Waals surface area contributed by atoms with E-state index in [-0.39, 0.29) is 16.9 Å². The number of benzene rings is 2. The summed E-state index contributed by atoms with van der Waals surface area (Å²) in [4.78, 5) is 18.8. The smallest absolute Gasteiger partial charge is 0.253 e. The van der Waals surface area contributed by atoms with E-state index in [9.17, 15) is 9.18 Å². The van der Waals surface area contributed by atoms with Crippen molar-refractivity contribution in [1.29, 1.82) is 0 Å². The summed E-state index contributed by atoms with van der Waals surface area (Å²) in [6.45, 7) is 11.6. The lowest BCUT2D eigenvalue weighted by atomic mass is 9.95. The van der Waals surface area contributed by atoms with Crippen LogP contribution in [0.5, 0.6) is 0 Å². The highest BCUT2D eigenvalue weighted by Gasteiger charge is 2.34. The van der Waals surface area contributed by atoms with Gasteiger partial charge in [-0.05, 0) is 109 Å². The third-order valence-electron chi connectivity index (χ3n) is 6.98. The number of H-pyrrole nitrogens is 1. The Morgan fingerprint density at radius 1 is 1.06 bits per heavy atom. The van der Waals surface area contributed by atoms with E-state index in [0.29, 0.717) is 24.5 Å². The maximum Gasteiger partial charge on any atom is 0.253 e. The van der Waals surface area contributed by atoms with Crippen molar-refractivity contribution in [3.8, 4) is 0 Å². The lowest BCUT2D eigenvalue weighted by molar-refractivity contribution is 0.219. The third kappa shape index (κ3) is 4.48. The Bertz CT molecular complexity index is 1510. The van der Waals surface area contributed by atoms with Crippen LogP contribution in [0.2, 0.25) is 0 Å². The number of hydrogen-bond acceptors (Lipinski definition) is 5.